The quantitative estimate of drug-likeness (QED) is 0.470. The van der Waals surface area contributed by atoms with Crippen LogP contribution in [0.4, 0.5) is 0 Å². The largest absolute Gasteiger partial charge is 0.353 e. The molecule has 0 aliphatic heterocycles. The molecule has 7 N–H and O–H groups in total. The average Bonchev–Trinajstić information content (AvgIpc) is 2.37. The summed E-state index contributed by atoms with van der Waals surface area (Å²) in [5.41, 5.74) is 14.7. The topological polar surface area (TPSA) is 131 Å². The minimum absolute atomic E-state index is 0. The van der Waals surface area contributed by atoms with E-state index in [9.17, 15) is 9.59 Å². The summed E-state index contributed by atoms with van der Waals surface area (Å²) in [6.07, 6.45) is 0. The molecule has 168 valence electrons. The second-order valence-electron chi connectivity index (χ2n) is 7.65. The Bertz CT molecular complexity index is 364. The Morgan fingerprint density at radius 2 is 1.22 bits per heavy atom. The molecule has 0 unspecified atom stereocenters. The van der Waals surface area contributed by atoms with Gasteiger partial charge in [-0.25, -0.2) is 0 Å². The van der Waals surface area contributed by atoms with E-state index in [1.54, 1.807) is 27.7 Å². The van der Waals surface area contributed by atoms with Crippen LogP contribution in [-0.2, 0) is 9.59 Å². The van der Waals surface area contributed by atoms with Crippen LogP contribution in [0, 0.1) is 0 Å². The van der Waals surface area contributed by atoms with Gasteiger partial charge >= 0.3 is 0 Å². The van der Waals surface area contributed by atoms with E-state index in [4.69, 9.17) is 17.2 Å². The van der Waals surface area contributed by atoms with Crippen molar-refractivity contribution in [1.29, 1.82) is 0 Å². The molecule has 27 heavy (non-hydrogen) atoms. The fourth-order valence-electron chi connectivity index (χ4n) is 0.879. The Kier molecular flexibility index (Phi) is 25.5. The molecule has 0 aliphatic carbocycles. The summed E-state index contributed by atoms with van der Waals surface area (Å²) in [6.45, 7) is 11.5. The lowest BCUT2D eigenvalue weighted by Crippen LogP contribution is -2.50. The van der Waals surface area contributed by atoms with E-state index in [-0.39, 0.29) is 31.5 Å². The number of nitrogens with two attached hydrogens (primary N) is 3. The van der Waals surface area contributed by atoms with Crippen molar-refractivity contribution < 1.29 is 9.59 Å². The van der Waals surface area contributed by atoms with E-state index in [1.165, 1.54) is 6.92 Å². The molecule has 0 saturated heterocycles. The maximum absolute atomic E-state index is 11.2. The number of likely N-dealkylation sites (N-methyl/N-ethyl adjacent to an activating group) is 2. The summed E-state index contributed by atoms with van der Waals surface area (Å²) in [4.78, 5) is 25.6. The van der Waals surface area contributed by atoms with Gasteiger partial charge in [-0.3, -0.25) is 9.59 Å². The molecule has 0 radical (unpaired) electrons. The smallest absolute Gasteiger partial charge is 0.239 e. The second-order valence-corrected chi connectivity index (χ2v) is 7.65. The molecule has 1 amide bonds. The van der Waals surface area contributed by atoms with E-state index in [1.807, 2.05) is 33.1 Å². The number of Topliss-reactive ketones (excluding diaryl/α,β-unsaturated/α-hetero) is 1. The normalized spacial score (nSPS) is 10.4. The zero-order chi connectivity index (χ0) is 20.8. The zero-order valence-electron chi connectivity index (χ0n) is 18.2. The van der Waals surface area contributed by atoms with Crippen LogP contribution >= 0.6 is 12.4 Å². The molecule has 0 atom stereocenters. The summed E-state index contributed by atoms with van der Waals surface area (Å²) in [5, 5.41) is 2.75. The Morgan fingerprint density at radius 3 is 1.37 bits per heavy atom. The third-order valence-electron chi connectivity index (χ3n) is 2.91. The van der Waals surface area contributed by atoms with E-state index in [0.29, 0.717) is 6.54 Å². The van der Waals surface area contributed by atoms with Gasteiger partial charge in [-0.2, -0.15) is 0 Å². The fraction of sp³-hybridized carbons (Fsp3) is 0.889. The summed E-state index contributed by atoms with van der Waals surface area (Å²) >= 11 is 0. The number of nitrogens with one attached hydrogen (secondary N) is 1. The molecule has 0 spiro atoms. The van der Waals surface area contributed by atoms with Crippen LogP contribution in [0.2, 0.25) is 0 Å². The number of ketones is 1. The maximum atomic E-state index is 11.2. The van der Waals surface area contributed by atoms with Crippen molar-refractivity contribution in [2.24, 2.45) is 17.2 Å². The van der Waals surface area contributed by atoms with E-state index < -0.39 is 11.1 Å². The first-order valence-electron chi connectivity index (χ1n) is 8.42. The molecule has 0 aromatic heterocycles. The summed E-state index contributed by atoms with van der Waals surface area (Å²) in [5.74, 6) is -0.0862. The van der Waals surface area contributed by atoms with Gasteiger partial charge in [-0.05, 0) is 62.8 Å². The number of rotatable bonds is 7. The summed E-state index contributed by atoms with van der Waals surface area (Å²) in [7, 11) is 7.93. The molecule has 0 saturated carbocycles. The van der Waals surface area contributed by atoms with E-state index in [0.717, 1.165) is 19.6 Å². The highest BCUT2D eigenvalue weighted by Crippen LogP contribution is 1.95. The monoisotopic (exact) mass is 414 g/mol. The minimum Gasteiger partial charge on any atom is -0.353 e. The van der Waals surface area contributed by atoms with Crippen LogP contribution in [-0.4, -0.2) is 86.9 Å². The molecule has 0 aromatic carbocycles. The van der Waals surface area contributed by atoms with Crippen LogP contribution < -0.4 is 22.5 Å². The lowest BCUT2D eigenvalue weighted by atomic mass is 10.0. The number of amides is 1. The van der Waals surface area contributed by atoms with Gasteiger partial charge in [-0.1, -0.05) is 7.43 Å². The molecule has 0 bridgehead atoms. The summed E-state index contributed by atoms with van der Waals surface area (Å²) in [6, 6.07) is 0. The number of hydrogen-bond donors (Lipinski definition) is 4. The first kappa shape index (κ1) is 37.0. The fourth-order valence-corrected chi connectivity index (χ4v) is 0.879. The Morgan fingerprint density at radius 1 is 0.889 bits per heavy atom. The van der Waals surface area contributed by atoms with Crippen molar-refractivity contribution in [3.8, 4) is 0 Å². The number of carbonyl (C=O) groups is 2. The molecule has 0 fully saturated rings. The molecular weight excluding hydrogens is 368 g/mol. The van der Waals surface area contributed by atoms with Crippen LogP contribution in [0.25, 0.3) is 0 Å². The standard InChI is InChI=1S/C8H19N3O.C5H11NO.C4H12N2.CH4.ClH/c1-8(2,9)7(12)10-5-6-11(3)4;1-4(7)5(2,3)6;1-6(2)4-3-5;;/h5-6,9H2,1-4H3,(H,10,12);6H2,1-3H3;3-5H2,1-2H3;1H4;1H. The predicted molar refractivity (Wildman–Crippen MR) is 120 cm³/mol. The van der Waals surface area contributed by atoms with Crippen LogP contribution in [0.3, 0.4) is 0 Å². The van der Waals surface area contributed by atoms with Crippen molar-refractivity contribution in [3.63, 3.8) is 0 Å². The van der Waals surface area contributed by atoms with Gasteiger partial charge < -0.3 is 32.3 Å². The number of carbonyl (C=O) groups excluding carboxylic acids is 2. The third kappa shape index (κ3) is 33.3. The molecule has 8 nitrogen and oxygen atoms in total. The molecule has 0 aliphatic rings. The van der Waals surface area contributed by atoms with Crippen molar-refractivity contribution in [1.82, 2.24) is 15.1 Å². The first-order chi connectivity index (χ1) is 11.1. The van der Waals surface area contributed by atoms with Crippen LogP contribution in [0.15, 0.2) is 0 Å². The van der Waals surface area contributed by atoms with Crippen molar-refractivity contribution in [2.75, 3.05) is 54.4 Å². The van der Waals surface area contributed by atoms with E-state index in [2.05, 4.69) is 10.2 Å². The molecule has 9 heteroatoms. The molecule has 0 rings (SSSR count). The Labute approximate surface area is 174 Å². The predicted octanol–water partition coefficient (Wildman–Crippen LogP) is 0.279. The van der Waals surface area contributed by atoms with Crippen molar-refractivity contribution in [3.05, 3.63) is 0 Å². The van der Waals surface area contributed by atoms with Gasteiger partial charge in [0.05, 0.1) is 11.1 Å². The number of hydrogen-bond acceptors (Lipinski definition) is 7. The van der Waals surface area contributed by atoms with Gasteiger partial charge in [0.15, 0.2) is 0 Å². The first-order valence-corrected chi connectivity index (χ1v) is 8.42. The lowest BCUT2D eigenvalue weighted by molar-refractivity contribution is -0.125. The van der Waals surface area contributed by atoms with E-state index >= 15 is 0 Å². The van der Waals surface area contributed by atoms with Crippen LogP contribution in [0.1, 0.15) is 42.0 Å². The third-order valence-corrected chi connectivity index (χ3v) is 2.91. The average molecular weight is 415 g/mol. The Hall–Kier alpha value is -0.770. The molecule has 0 heterocycles. The number of halogens is 1. The molecule has 0 aromatic rings. The highest BCUT2D eigenvalue weighted by Gasteiger charge is 2.20. The highest BCUT2D eigenvalue weighted by atomic mass is 35.5. The van der Waals surface area contributed by atoms with Gasteiger partial charge in [0.2, 0.25) is 5.91 Å². The molecular formula is C18H47ClN6O2. The zero-order valence-corrected chi connectivity index (χ0v) is 19.0. The summed E-state index contributed by atoms with van der Waals surface area (Å²) < 4.78 is 0. The highest BCUT2D eigenvalue weighted by molar-refractivity contribution is 5.85. The van der Waals surface area contributed by atoms with Crippen molar-refractivity contribution >= 4 is 24.1 Å². The lowest BCUT2D eigenvalue weighted by Gasteiger charge is -2.18. The second kappa shape index (κ2) is 18.6. The number of nitrogens with zero attached hydrogens (tertiary/aromatic N) is 2. The minimum atomic E-state index is -0.772. The Balaban J connectivity index is -0.0000000932. The van der Waals surface area contributed by atoms with Gasteiger partial charge in [0.25, 0.3) is 0 Å². The SMILES string of the molecule is C.CC(=O)C(C)(C)N.CN(C)CCN.CN(C)CCNC(=O)C(C)(C)N.Cl. The van der Waals surface area contributed by atoms with Crippen molar-refractivity contribution in [2.45, 2.75) is 53.1 Å². The van der Waals surface area contributed by atoms with Crippen LogP contribution in [0.5, 0.6) is 0 Å². The maximum Gasteiger partial charge on any atom is 0.239 e. The van der Waals surface area contributed by atoms with Gasteiger partial charge in [0.1, 0.15) is 5.78 Å². The van der Waals surface area contributed by atoms with Gasteiger partial charge in [-0.15, -0.1) is 12.4 Å². The van der Waals surface area contributed by atoms with Gasteiger partial charge in [0, 0.05) is 26.2 Å².